The molecule has 0 fully saturated rings. The van der Waals surface area contributed by atoms with Crippen molar-refractivity contribution in [1.29, 1.82) is 0 Å². The van der Waals surface area contributed by atoms with Crippen molar-refractivity contribution in [2.75, 3.05) is 19.8 Å². The molecule has 0 spiro atoms. The Morgan fingerprint density at radius 2 is 2.12 bits per heavy atom. The summed E-state index contributed by atoms with van der Waals surface area (Å²) >= 11 is 0. The highest BCUT2D eigenvalue weighted by Crippen LogP contribution is 2.14. The van der Waals surface area contributed by atoms with Gasteiger partial charge in [-0.15, -0.1) is 0 Å². The number of hydrogen-bond acceptors (Lipinski definition) is 3. The second-order valence-electron chi connectivity index (χ2n) is 3.91. The molecule has 1 aromatic rings. The van der Waals surface area contributed by atoms with E-state index in [1.54, 1.807) is 12.1 Å². The van der Waals surface area contributed by atoms with Crippen LogP contribution >= 0.6 is 0 Å². The third kappa shape index (κ3) is 4.54. The number of aliphatic hydroxyl groups is 1. The van der Waals surface area contributed by atoms with Crippen LogP contribution in [-0.2, 0) is 11.2 Å². The quantitative estimate of drug-likeness (QED) is 0.709. The third-order valence-electron chi connectivity index (χ3n) is 2.46. The normalized spacial score (nSPS) is 10.5. The van der Waals surface area contributed by atoms with Crippen LogP contribution in [-0.4, -0.2) is 36.0 Å². The van der Waals surface area contributed by atoms with Crippen LogP contribution in [0.2, 0.25) is 0 Å². The van der Waals surface area contributed by atoms with Crippen molar-refractivity contribution in [2.45, 2.75) is 19.8 Å². The standard InChI is InChI=1S/C13H18O4/c1-10-4-5-12(13(15)16)11(9-10)3-2-7-17-8-6-14/h4-5,9,14H,2-3,6-8H2,1H3,(H,15,16). The highest BCUT2D eigenvalue weighted by molar-refractivity contribution is 5.89. The van der Waals surface area contributed by atoms with Crippen LogP contribution in [0.3, 0.4) is 0 Å². The van der Waals surface area contributed by atoms with Gasteiger partial charge in [-0.05, 0) is 31.4 Å². The van der Waals surface area contributed by atoms with Gasteiger partial charge in [-0.25, -0.2) is 4.79 Å². The number of aryl methyl sites for hydroxylation is 2. The van der Waals surface area contributed by atoms with Crippen LogP contribution in [0.15, 0.2) is 18.2 Å². The Hall–Kier alpha value is -1.39. The topological polar surface area (TPSA) is 66.8 Å². The van der Waals surface area contributed by atoms with E-state index in [1.165, 1.54) is 0 Å². The van der Waals surface area contributed by atoms with E-state index in [-0.39, 0.29) is 6.61 Å². The monoisotopic (exact) mass is 238 g/mol. The average molecular weight is 238 g/mol. The molecule has 17 heavy (non-hydrogen) atoms. The molecule has 2 N–H and O–H groups in total. The molecule has 0 bridgehead atoms. The van der Waals surface area contributed by atoms with E-state index < -0.39 is 5.97 Å². The first-order valence-corrected chi connectivity index (χ1v) is 5.66. The van der Waals surface area contributed by atoms with Crippen molar-refractivity contribution in [3.05, 3.63) is 34.9 Å². The summed E-state index contributed by atoms with van der Waals surface area (Å²) in [5.41, 5.74) is 2.25. The summed E-state index contributed by atoms with van der Waals surface area (Å²) in [7, 11) is 0. The zero-order valence-corrected chi connectivity index (χ0v) is 9.98. The number of benzene rings is 1. The average Bonchev–Trinajstić information content (AvgIpc) is 2.28. The summed E-state index contributed by atoms with van der Waals surface area (Å²) in [4.78, 5) is 11.0. The zero-order valence-electron chi connectivity index (χ0n) is 9.98. The van der Waals surface area contributed by atoms with E-state index in [2.05, 4.69) is 0 Å². The molecule has 0 saturated carbocycles. The van der Waals surface area contributed by atoms with Crippen molar-refractivity contribution in [3.8, 4) is 0 Å². The summed E-state index contributed by atoms with van der Waals surface area (Å²) in [6.45, 7) is 2.83. The molecule has 0 radical (unpaired) electrons. The summed E-state index contributed by atoms with van der Waals surface area (Å²) < 4.78 is 5.14. The lowest BCUT2D eigenvalue weighted by atomic mass is 10.0. The Kier molecular flexibility index (Phi) is 5.66. The van der Waals surface area contributed by atoms with E-state index >= 15 is 0 Å². The van der Waals surface area contributed by atoms with Crippen LogP contribution in [0, 0.1) is 6.92 Å². The van der Waals surface area contributed by atoms with Crippen LogP contribution in [0.5, 0.6) is 0 Å². The fourth-order valence-corrected chi connectivity index (χ4v) is 1.67. The Morgan fingerprint density at radius 3 is 2.76 bits per heavy atom. The number of aliphatic hydroxyl groups excluding tert-OH is 1. The first kappa shape index (κ1) is 13.7. The fourth-order valence-electron chi connectivity index (χ4n) is 1.67. The predicted molar refractivity (Wildman–Crippen MR) is 64.4 cm³/mol. The number of aromatic carboxylic acids is 1. The van der Waals surface area contributed by atoms with E-state index in [0.29, 0.717) is 25.2 Å². The van der Waals surface area contributed by atoms with Crippen molar-refractivity contribution in [2.24, 2.45) is 0 Å². The van der Waals surface area contributed by atoms with Gasteiger partial charge in [0.1, 0.15) is 0 Å². The van der Waals surface area contributed by atoms with E-state index in [9.17, 15) is 4.79 Å². The van der Waals surface area contributed by atoms with Crippen molar-refractivity contribution < 1.29 is 19.7 Å². The van der Waals surface area contributed by atoms with Crippen molar-refractivity contribution in [3.63, 3.8) is 0 Å². The number of ether oxygens (including phenoxy) is 1. The van der Waals surface area contributed by atoms with Gasteiger partial charge in [-0.1, -0.05) is 17.7 Å². The van der Waals surface area contributed by atoms with Gasteiger partial charge in [0.2, 0.25) is 0 Å². The molecule has 0 aliphatic heterocycles. The summed E-state index contributed by atoms with van der Waals surface area (Å²) in [5, 5.41) is 17.6. The van der Waals surface area contributed by atoms with Gasteiger partial charge in [0, 0.05) is 6.61 Å². The number of carboxylic acids is 1. The van der Waals surface area contributed by atoms with Crippen LogP contribution in [0.25, 0.3) is 0 Å². The fraction of sp³-hybridized carbons (Fsp3) is 0.462. The van der Waals surface area contributed by atoms with Gasteiger partial charge in [0.05, 0.1) is 18.8 Å². The molecular weight excluding hydrogens is 220 g/mol. The minimum Gasteiger partial charge on any atom is -0.478 e. The van der Waals surface area contributed by atoms with Crippen molar-refractivity contribution >= 4 is 5.97 Å². The maximum absolute atomic E-state index is 11.0. The largest absolute Gasteiger partial charge is 0.478 e. The molecular formula is C13H18O4. The highest BCUT2D eigenvalue weighted by atomic mass is 16.5. The molecule has 1 aromatic carbocycles. The molecule has 0 heterocycles. The summed E-state index contributed by atoms with van der Waals surface area (Å²) in [6.07, 6.45) is 1.43. The van der Waals surface area contributed by atoms with E-state index in [4.69, 9.17) is 14.9 Å². The van der Waals surface area contributed by atoms with Crippen LogP contribution in [0.4, 0.5) is 0 Å². The summed E-state index contributed by atoms with van der Waals surface area (Å²) in [5.74, 6) is -0.892. The molecule has 4 nitrogen and oxygen atoms in total. The molecule has 0 aliphatic rings. The second kappa shape index (κ2) is 7.04. The second-order valence-corrected chi connectivity index (χ2v) is 3.91. The predicted octanol–water partition coefficient (Wildman–Crippen LogP) is 1.63. The number of carbonyl (C=O) groups is 1. The minimum absolute atomic E-state index is 0.0187. The van der Waals surface area contributed by atoms with Crippen LogP contribution in [0.1, 0.15) is 27.9 Å². The number of carboxylic acid groups (broad SMARTS) is 1. The lowest BCUT2D eigenvalue weighted by Crippen LogP contribution is -2.06. The Morgan fingerprint density at radius 1 is 1.35 bits per heavy atom. The maximum atomic E-state index is 11.0. The van der Waals surface area contributed by atoms with Gasteiger partial charge >= 0.3 is 5.97 Å². The van der Waals surface area contributed by atoms with Crippen LogP contribution < -0.4 is 0 Å². The molecule has 0 aliphatic carbocycles. The first-order chi connectivity index (χ1) is 8.15. The number of hydrogen-bond donors (Lipinski definition) is 2. The molecule has 0 amide bonds. The lowest BCUT2D eigenvalue weighted by molar-refractivity contribution is 0.0695. The Balaban J connectivity index is 2.56. The maximum Gasteiger partial charge on any atom is 0.335 e. The summed E-state index contributed by atoms with van der Waals surface area (Å²) in [6, 6.07) is 5.34. The molecule has 0 saturated heterocycles. The van der Waals surface area contributed by atoms with Gasteiger partial charge in [-0.2, -0.15) is 0 Å². The molecule has 4 heteroatoms. The zero-order chi connectivity index (χ0) is 12.7. The lowest BCUT2D eigenvalue weighted by Gasteiger charge is -2.07. The molecule has 0 unspecified atom stereocenters. The molecule has 0 atom stereocenters. The molecule has 94 valence electrons. The van der Waals surface area contributed by atoms with Gasteiger partial charge in [0.25, 0.3) is 0 Å². The van der Waals surface area contributed by atoms with Gasteiger partial charge < -0.3 is 14.9 Å². The van der Waals surface area contributed by atoms with E-state index in [1.807, 2.05) is 13.0 Å². The third-order valence-corrected chi connectivity index (χ3v) is 2.46. The van der Waals surface area contributed by atoms with E-state index in [0.717, 1.165) is 17.5 Å². The van der Waals surface area contributed by atoms with Gasteiger partial charge in [-0.3, -0.25) is 0 Å². The highest BCUT2D eigenvalue weighted by Gasteiger charge is 2.09. The smallest absolute Gasteiger partial charge is 0.335 e. The van der Waals surface area contributed by atoms with Crippen molar-refractivity contribution in [1.82, 2.24) is 0 Å². The Labute approximate surface area is 101 Å². The number of rotatable bonds is 7. The minimum atomic E-state index is -0.892. The first-order valence-electron chi connectivity index (χ1n) is 5.66. The molecule has 1 rings (SSSR count). The SMILES string of the molecule is Cc1ccc(C(=O)O)c(CCCOCCO)c1. The Bertz CT molecular complexity index is 374. The molecule has 0 aromatic heterocycles. The van der Waals surface area contributed by atoms with Gasteiger partial charge in [0.15, 0.2) is 0 Å².